The number of nitrogens with one attached hydrogen (secondary N) is 1. The molecule has 1 aromatic carbocycles. The Bertz CT molecular complexity index is 470. The van der Waals surface area contributed by atoms with E-state index in [0.717, 1.165) is 35.7 Å². The molecule has 3 nitrogen and oxygen atoms in total. The summed E-state index contributed by atoms with van der Waals surface area (Å²) in [5.74, 6) is -0.144. The first-order chi connectivity index (χ1) is 8.65. The summed E-state index contributed by atoms with van der Waals surface area (Å²) >= 11 is 2.20. The summed E-state index contributed by atoms with van der Waals surface area (Å²) in [5, 5.41) is 12.2. The number of hydrogen-bond donors (Lipinski definition) is 1. The van der Waals surface area contributed by atoms with Gasteiger partial charge in [0.25, 0.3) is 5.91 Å². The second-order valence-corrected chi connectivity index (χ2v) is 5.96. The molecule has 0 bridgehead atoms. The first-order valence-electron chi connectivity index (χ1n) is 6.15. The van der Waals surface area contributed by atoms with Crippen LogP contribution >= 0.6 is 22.6 Å². The summed E-state index contributed by atoms with van der Waals surface area (Å²) < 4.78 is 1.09. The molecule has 1 aromatic rings. The van der Waals surface area contributed by atoms with Gasteiger partial charge in [0.15, 0.2) is 0 Å². The van der Waals surface area contributed by atoms with Crippen molar-refractivity contribution in [3.8, 4) is 6.07 Å². The van der Waals surface area contributed by atoms with Crippen molar-refractivity contribution in [1.82, 2.24) is 5.32 Å². The third-order valence-corrected chi connectivity index (χ3v) is 4.10. The lowest BCUT2D eigenvalue weighted by Crippen LogP contribution is -2.48. The molecule has 1 aliphatic carbocycles. The minimum Gasteiger partial charge on any atom is -0.334 e. The standard InChI is InChI=1S/C14H15IN2O/c15-12-6-4-11(5-7-12)13(18)17-14(10-16)8-2-1-3-9-14/h4-7H,1-3,8-9H2,(H,17,18). The first kappa shape index (κ1) is 13.3. The van der Waals surface area contributed by atoms with Crippen LogP contribution in [0.25, 0.3) is 0 Å². The van der Waals surface area contributed by atoms with E-state index >= 15 is 0 Å². The molecule has 0 spiro atoms. The van der Waals surface area contributed by atoms with Gasteiger partial charge < -0.3 is 5.32 Å². The van der Waals surface area contributed by atoms with E-state index in [0.29, 0.717) is 5.56 Å². The number of carbonyl (C=O) groups is 1. The zero-order valence-electron chi connectivity index (χ0n) is 10.1. The fourth-order valence-electron chi connectivity index (χ4n) is 2.31. The molecule has 0 atom stereocenters. The van der Waals surface area contributed by atoms with Crippen LogP contribution in [0.15, 0.2) is 24.3 Å². The number of rotatable bonds is 2. The van der Waals surface area contributed by atoms with Gasteiger partial charge in [-0.05, 0) is 59.7 Å². The summed E-state index contributed by atoms with van der Waals surface area (Å²) in [6, 6.07) is 9.69. The van der Waals surface area contributed by atoms with Crippen LogP contribution < -0.4 is 5.32 Å². The Morgan fingerprint density at radius 1 is 1.22 bits per heavy atom. The van der Waals surface area contributed by atoms with Crippen molar-refractivity contribution in [3.05, 3.63) is 33.4 Å². The van der Waals surface area contributed by atoms with Gasteiger partial charge in [-0.15, -0.1) is 0 Å². The van der Waals surface area contributed by atoms with Crippen molar-refractivity contribution < 1.29 is 4.79 Å². The predicted molar refractivity (Wildman–Crippen MR) is 78.1 cm³/mol. The van der Waals surface area contributed by atoms with Gasteiger partial charge in [0.2, 0.25) is 0 Å². The molecule has 18 heavy (non-hydrogen) atoms. The first-order valence-corrected chi connectivity index (χ1v) is 7.22. The monoisotopic (exact) mass is 354 g/mol. The van der Waals surface area contributed by atoms with Crippen LogP contribution in [0.5, 0.6) is 0 Å². The molecule has 1 amide bonds. The highest BCUT2D eigenvalue weighted by molar-refractivity contribution is 14.1. The summed E-state index contributed by atoms with van der Waals surface area (Å²) in [6.07, 6.45) is 4.71. The minimum absolute atomic E-state index is 0.144. The Kier molecular flexibility index (Phi) is 4.23. The summed E-state index contributed by atoms with van der Waals surface area (Å²) in [4.78, 5) is 12.1. The Hall–Kier alpha value is -1.09. The highest BCUT2D eigenvalue weighted by Crippen LogP contribution is 2.27. The van der Waals surface area contributed by atoms with Gasteiger partial charge in [0.1, 0.15) is 5.54 Å². The minimum atomic E-state index is -0.654. The molecule has 2 rings (SSSR count). The molecule has 1 N–H and O–H groups in total. The van der Waals surface area contributed by atoms with Gasteiger partial charge in [0, 0.05) is 9.13 Å². The quantitative estimate of drug-likeness (QED) is 0.829. The van der Waals surface area contributed by atoms with Crippen LogP contribution in [0.2, 0.25) is 0 Å². The molecule has 0 heterocycles. The maximum absolute atomic E-state index is 12.1. The van der Waals surface area contributed by atoms with E-state index in [1.807, 2.05) is 12.1 Å². The zero-order chi connectivity index (χ0) is 13.0. The van der Waals surface area contributed by atoms with E-state index in [1.165, 1.54) is 0 Å². The van der Waals surface area contributed by atoms with E-state index < -0.39 is 5.54 Å². The molecule has 1 fully saturated rings. The largest absolute Gasteiger partial charge is 0.334 e. The topological polar surface area (TPSA) is 52.9 Å². The lowest BCUT2D eigenvalue weighted by atomic mass is 9.82. The highest BCUT2D eigenvalue weighted by Gasteiger charge is 2.33. The van der Waals surface area contributed by atoms with Crippen LogP contribution in [0.4, 0.5) is 0 Å². The Morgan fingerprint density at radius 3 is 2.39 bits per heavy atom. The van der Waals surface area contributed by atoms with Crippen LogP contribution in [0, 0.1) is 14.9 Å². The van der Waals surface area contributed by atoms with Crippen molar-refractivity contribution in [2.75, 3.05) is 0 Å². The lowest BCUT2D eigenvalue weighted by Gasteiger charge is -2.31. The Morgan fingerprint density at radius 2 is 1.83 bits per heavy atom. The number of nitrogens with zero attached hydrogens (tertiary/aromatic N) is 1. The van der Waals surface area contributed by atoms with Gasteiger partial charge in [-0.1, -0.05) is 19.3 Å². The summed E-state index contributed by atoms with van der Waals surface area (Å²) in [5.41, 5.74) is -0.0335. The van der Waals surface area contributed by atoms with Gasteiger partial charge in [-0.2, -0.15) is 5.26 Å². The maximum Gasteiger partial charge on any atom is 0.252 e. The molecule has 1 aliphatic rings. The Labute approximate surface area is 121 Å². The molecular weight excluding hydrogens is 339 g/mol. The second kappa shape index (κ2) is 5.70. The third kappa shape index (κ3) is 3.02. The average molecular weight is 354 g/mol. The van der Waals surface area contributed by atoms with E-state index in [4.69, 9.17) is 0 Å². The molecule has 0 aliphatic heterocycles. The predicted octanol–water partition coefficient (Wildman–Crippen LogP) is 3.25. The Balaban J connectivity index is 2.10. The highest BCUT2D eigenvalue weighted by atomic mass is 127. The van der Waals surface area contributed by atoms with Crippen LogP contribution in [-0.4, -0.2) is 11.4 Å². The summed E-state index contributed by atoms with van der Waals surface area (Å²) in [7, 11) is 0. The molecule has 0 aromatic heterocycles. The third-order valence-electron chi connectivity index (χ3n) is 3.38. The van der Waals surface area contributed by atoms with Crippen molar-refractivity contribution in [2.45, 2.75) is 37.6 Å². The second-order valence-electron chi connectivity index (χ2n) is 4.72. The lowest BCUT2D eigenvalue weighted by molar-refractivity contribution is 0.0902. The van der Waals surface area contributed by atoms with Crippen LogP contribution in [0.1, 0.15) is 42.5 Å². The average Bonchev–Trinajstić information content (AvgIpc) is 2.40. The van der Waals surface area contributed by atoms with E-state index in [9.17, 15) is 10.1 Å². The molecular formula is C14H15IN2O. The fraction of sp³-hybridized carbons (Fsp3) is 0.429. The molecule has 0 unspecified atom stereocenters. The van der Waals surface area contributed by atoms with Gasteiger partial charge in [0.05, 0.1) is 6.07 Å². The van der Waals surface area contributed by atoms with Crippen molar-refractivity contribution >= 4 is 28.5 Å². The van der Waals surface area contributed by atoms with E-state index in [1.54, 1.807) is 12.1 Å². The van der Waals surface area contributed by atoms with Crippen molar-refractivity contribution in [2.24, 2.45) is 0 Å². The van der Waals surface area contributed by atoms with Crippen molar-refractivity contribution in [1.29, 1.82) is 5.26 Å². The van der Waals surface area contributed by atoms with Crippen LogP contribution in [-0.2, 0) is 0 Å². The van der Waals surface area contributed by atoms with Gasteiger partial charge in [-0.3, -0.25) is 4.79 Å². The van der Waals surface area contributed by atoms with E-state index in [2.05, 4.69) is 34.0 Å². The van der Waals surface area contributed by atoms with Gasteiger partial charge in [-0.25, -0.2) is 0 Å². The number of benzene rings is 1. The summed E-state index contributed by atoms with van der Waals surface area (Å²) in [6.45, 7) is 0. The normalized spacial score (nSPS) is 17.8. The number of halogens is 1. The molecule has 1 saturated carbocycles. The van der Waals surface area contributed by atoms with E-state index in [-0.39, 0.29) is 5.91 Å². The van der Waals surface area contributed by atoms with Crippen molar-refractivity contribution in [3.63, 3.8) is 0 Å². The van der Waals surface area contributed by atoms with Gasteiger partial charge >= 0.3 is 0 Å². The fourth-order valence-corrected chi connectivity index (χ4v) is 2.67. The van der Waals surface area contributed by atoms with Crippen LogP contribution in [0.3, 0.4) is 0 Å². The zero-order valence-corrected chi connectivity index (χ0v) is 12.2. The SMILES string of the molecule is N#CC1(NC(=O)c2ccc(I)cc2)CCCCC1. The molecule has 0 radical (unpaired) electrons. The number of carbonyl (C=O) groups excluding carboxylic acids is 1. The molecule has 94 valence electrons. The smallest absolute Gasteiger partial charge is 0.252 e. The number of hydrogen-bond acceptors (Lipinski definition) is 2. The number of amides is 1. The molecule has 4 heteroatoms. The number of nitriles is 1. The molecule has 0 saturated heterocycles. The maximum atomic E-state index is 12.1.